The van der Waals surface area contributed by atoms with E-state index in [2.05, 4.69) is 32.6 Å². The highest BCUT2D eigenvalue weighted by Crippen LogP contribution is 2.75. The number of aryl methyl sites for hydroxylation is 1. The molecule has 0 amide bonds. The summed E-state index contributed by atoms with van der Waals surface area (Å²) in [5, 5.41) is 10.3. The number of rotatable bonds is 7. The summed E-state index contributed by atoms with van der Waals surface area (Å²) < 4.78 is 21.8. The van der Waals surface area contributed by atoms with E-state index in [-0.39, 0.29) is 70.4 Å². The molecule has 0 aromatic carbocycles. The maximum Gasteiger partial charge on any atom is 0.519 e. The third-order valence-electron chi connectivity index (χ3n) is 16.9. The molecule has 298 valence electrons. The number of ketones is 1. The first kappa shape index (κ1) is 39.0. The molecule has 2 heterocycles. The Hall–Kier alpha value is -3.21. The fourth-order valence-corrected chi connectivity index (χ4v) is 13.4. The van der Waals surface area contributed by atoms with E-state index in [1.54, 1.807) is 6.92 Å². The van der Waals surface area contributed by atoms with Crippen molar-refractivity contribution in [1.82, 2.24) is 4.90 Å². The predicted octanol–water partition coefficient (Wildman–Crippen LogP) is 7.27. The van der Waals surface area contributed by atoms with Crippen LogP contribution >= 0.6 is 0 Å². The molecule has 0 unspecified atom stereocenters. The number of likely N-dealkylation sites (tertiary alicyclic amines) is 1. The minimum absolute atomic E-state index is 0.0206. The van der Waals surface area contributed by atoms with Gasteiger partial charge in [0.15, 0.2) is 23.9 Å². The molecule has 1 aromatic heterocycles. The lowest BCUT2D eigenvalue weighted by Crippen LogP contribution is -2.70. The van der Waals surface area contributed by atoms with Gasteiger partial charge in [0, 0.05) is 18.5 Å². The van der Waals surface area contributed by atoms with Crippen molar-refractivity contribution in [3.05, 3.63) is 33.8 Å². The van der Waals surface area contributed by atoms with Gasteiger partial charge >= 0.3 is 23.7 Å². The van der Waals surface area contributed by atoms with Crippen molar-refractivity contribution in [2.45, 2.75) is 139 Å². The lowest BCUT2D eigenvalue weighted by Gasteiger charge is -2.71. The molecule has 5 fully saturated rings. The highest BCUT2D eigenvalue weighted by molar-refractivity contribution is 5.96. The van der Waals surface area contributed by atoms with Gasteiger partial charge in [0.1, 0.15) is 0 Å². The second-order valence-corrected chi connectivity index (χ2v) is 19.5. The van der Waals surface area contributed by atoms with Gasteiger partial charge in [-0.05, 0) is 144 Å². The topological polar surface area (TPSA) is 154 Å². The van der Waals surface area contributed by atoms with Gasteiger partial charge in [-0.1, -0.05) is 33.3 Å². The predicted molar refractivity (Wildman–Crippen MR) is 198 cm³/mol. The molecule has 0 spiro atoms. The Balaban J connectivity index is 1.27. The van der Waals surface area contributed by atoms with Crippen LogP contribution < -0.4 is 5.82 Å². The van der Waals surface area contributed by atoms with Crippen LogP contribution in [0.3, 0.4) is 0 Å². The fourth-order valence-electron chi connectivity index (χ4n) is 13.4. The summed E-state index contributed by atoms with van der Waals surface area (Å²) in [7, 11) is 0. The van der Waals surface area contributed by atoms with Crippen molar-refractivity contribution in [2.24, 2.45) is 56.2 Å². The van der Waals surface area contributed by atoms with Gasteiger partial charge in [0.2, 0.25) is 0 Å². The summed E-state index contributed by atoms with van der Waals surface area (Å²) in [5.74, 6) is -2.49. The number of nitrogens with zero attached hydrogens (tertiary/aromatic N) is 1. The molecule has 1 saturated heterocycles. The highest BCUT2D eigenvalue weighted by atomic mass is 16.6. The molecule has 5 aliphatic carbocycles. The molecule has 6 aliphatic rings. The molecule has 0 bridgehead atoms. The number of piperidine rings is 1. The maximum absolute atomic E-state index is 15.0. The first-order valence-electron chi connectivity index (χ1n) is 20.4. The first-order valence-corrected chi connectivity index (χ1v) is 20.4. The Morgan fingerprint density at radius 3 is 2.31 bits per heavy atom. The summed E-state index contributed by atoms with van der Waals surface area (Å²) in [4.78, 5) is 69.6. The zero-order chi connectivity index (χ0) is 39.2. The van der Waals surface area contributed by atoms with Crippen molar-refractivity contribution in [2.75, 3.05) is 19.7 Å². The number of allylic oxidation sites excluding steroid dienone is 2. The van der Waals surface area contributed by atoms with Crippen molar-refractivity contribution >= 4 is 23.7 Å². The number of esters is 2. The van der Waals surface area contributed by atoms with Gasteiger partial charge in [-0.3, -0.25) is 24.1 Å². The highest BCUT2D eigenvalue weighted by Gasteiger charge is 2.72. The molecular weight excluding hydrogens is 690 g/mol. The molecule has 4 saturated carbocycles. The van der Waals surface area contributed by atoms with Crippen molar-refractivity contribution in [3.63, 3.8) is 0 Å². The van der Waals surface area contributed by atoms with Crippen LogP contribution in [0.5, 0.6) is 0 Å². The lowest BCUT2D eigenvalue weighted by molar-refractivity contribution is -0.213. The lowest BCUT2D eigenvalue weighted by atomic mass is 9.33. The minimum atomic E-state index is -1.05. The van der Waals surface area contributed by atoms with Crippen LogP contribution in [-0.4, -0.2) is 59.4 Å². The summed E-state index contributed by atoms with van der Waals surface area (Å²) >= 11 is 0. The van der Waals surface area contributed by atoms with Crippen LogP contribution in [0, 0.1) is 63.1 Å². The molecular formula is C43H61NO10. The van der Waals surface area contributed by atoms with E-state index in [1.165, 1.54) is 0 Å². The Bertz CT molecular complexity index is 1810. The average Bonchev–Trinajstić information content (AvgIpc) is 3.44. The molecule has 11 heteroatoms. The largest absolute Gasteiger partial charge is 0.519 e. The van der Waals surface area contributed by atoms with E-state index < -0.39 is 39.4 Å². The Kier molecular flexibility index (Phi) is 9.54. The molecule has 11 nitrogen and oxygen atoms in total. The number of fused-ring (bicyclic) bond motifs is 7. The van der Waals surface area contributed by atoms with Crippen LogP contribution in [-0.2, 0) is 35.3 Å². The number of carboxylic acids is 1. The number of carbonyl (C=O) groups is 4. The zero-order valence-corrected chi connectivity index (χ0v) is 33.6. The Labute approximate surface area is 318 Å². The Morgan fingerprint density at radius 1 is 0.926 bits per heavy atom. The molecule has 1 aliphatic heterocycles. The third kappa shape index (κ3) is 5.62. The average molecular weight is 752 g/mol. The van der Waals surface area contributed by atoms with E-state index >= 15 is 4.79 Å². The van der Waals surface area contributed by atoms with Gasteiger partial charge < -0.3 is 23.4 Å². The normalized spacial score (nSPS) is 43.4. The van der Waals surface area contributed by atoms with Crippen LogP contribution in [0.4, 0.5) is 0 Å². The monoisotopic (exact) mass is 751 g/mol. The van der Waals surface area contributed by atoms with Crippen LogP contribution in [0.15, 0.2) is 25.3 Å². The quantitative estimate of drug-likeness (QED) is 0.280. The number of aliphatic carboxylic acids is 1. The molecule has 54 heavy (non-hydrogen) atoms. The minimum Gasteiger partial charge on any atom is -0.481 e. The summed E-state index contributed by atoms with van der Waals surface area (Å²) in [6.45, 7) is 17.8. The molecule has 11 atom stereocenters. The molecule has 0 radical (unpaired) electrons. The standard InChI is InChI=1S/C43H61NO10/c1-9-51-34(46)26-11-10-20-44(23-26)32-13-14-40(5)31(43(32,8)36(49)52-24-30-25(2)53-37(50)54-30)12-15-42(7)33(40)29(45)21-27-28-22-39(4,35(47)48)17-16-38(28,3)18-19-41(27,42)6/h21,26,28,31-33H,9-20,22-24H2,1-8H3,(H,47,48)/t26-,28+,31-,32+,33-,38-,39+,40+,41-,42-,43+/m1/s1. The number of carbonyl (C=O) groups excluding carboxylic acids is 3. The van der Waals surface area contributed by atoms with E-state index in [0.29, 0.717) is 38.8 Å². The van der Waals surface area contributed by atoms with Crippen LogP contribution in [0.2, 0.25) is 0 Å². The van der Waals surface area contributed by atoms with Crippen molar-refractivity contribution in [3.8, 4) is 0 Å². The molecule has 1 N–H and O–H groups in total. The van der Waals surface area contributed by atoms with Crippen LogP contribution in [0.1, 0.15) is 131 Å². The van der Waals surface area contributed by atoms with Gasteiger partial charge in [0.05, 0.1) is 23.4 Å². The van der Waals surface area contributed by atoms with Crippen molar-refractivity contribution < 1.29 is 42.6 Å². The van der Waals surface area contributed by atoms with Gasteiger partial charge in [-0.25, -0.2) is 4.79 Å². The van der Waals surface area contributed by atoms with Gasteiger partial charge in [-0.2, -0.15) is 0 Å². The second kappa shape index (κ2) is 13.2. The van der Waals surface area contributed by atoms with Crippen molar-refractivity contribution in [1.29, 1.82) is 0 Å². The number of carboxylic acid groups (broad SMARTS) is 1. The van der Waals surface area contributed by atoms with Gasteiger partial charge in [-0.15, -0.1) is 0 Å². The van der Waals surface area contributed by atoms with E-state index in [9.17, 15) is 24.3 Å². The summed E-state index contributed by atoms with van der Waals surface area (Å²) in [5.41, 5.74) is -2.01. The molecule has 1 aromatic rings. The van der Waals surface area contributed by atoms with E-state index in [0.717, 1.165) is 57.1 Å². The van der Waals surface area contributed by atoms with Crippen LogP contribution in [0.25, 0.3) is 0 Å². The number of ether oxygens (including phenoxy) is 2. The third-order valence-corrected chi connectivity index (χ3v) is 16.9. The molecule has 7 rings (SSSR count). The fraction of sp³-hybridized carbons (Fsp3) is 0.791. The number of hydrogen-bond acceptors (Lipinski definition) is 10. The maximum atomic E-state index is 15.0. The smallest absolute Gasteiger partial charge is 0.481 e. The first-order chi connectivity index (χ1) is 25.3. The van der Waals surface area contributed by atoms with Gasteiger partial charge in [0.25, 0.3) is 0 Å². The SMILES string of the molecule is CCOC(=O)[C@@H]1CCCN([C@H]2CC[C@@]3(C)[C@@H](CC[C@]4(C)[C@@H]3C(=O)C=C3[C@@H]5C[C@@](C)(C(=O)O)CC[C@]5(C)CC[C@]34C)[C@]2(C)C(=O)OCc2oc(=O)oc2C)C1. The number of hydrogen-bond donors (Lipinski definition) is 1. The summed E-state index contributed by atoms with van der Waals surface area (Å²) in [6.07, 6.45) is 10.3. The Morgan fingerprint density at radius 2 is 1.65 bits per heavy atom. The summed E-state index contributed by atoms with van der Waals surface area (Å²) in [6, 6.07) is -0.242. The zero-order valence-electron chi connectivity index (χ0n) is 33.6. The van der Waals surface area contributed by atoms with E-state index in [1.807, 2.05) is 26.8 Å². The second-order valence-electron chi connectivity index (χ2n) is 19.5. The van der Waals surface area contributed by atoms with E-state index in [4.69, 9.17) is 18.3 Å².